The van der Waals surface area contributed by atoms with Crippen molar-refractivity contribution in [3.63, 3.8) is 0 Å². The Kier molecular flexibility index (Phi) is 4.28. The average molecular weight is 276 g/mol. The summed E-state index contributed by atoms with van der Waals surface area (Å²) in [6.45, 7) is 4.55. The molecule has 17 heavy (non-hydrogen) atoms. The molecule has 1 aliphatic heterocycles. The van der Waals surface area contributed by atoms with Crippen molar-refractivity contribution in [3.8, 4) is 0 Å². The number of hydrogen-bond donors (Lipinski definition) is 1. The largest absolute Gasteiger partial charge is 0.449 e. The van der Waals surface area contributed by atoms with Gasteiger partial charge in [0.1, 0.15) is 6.61 Å². The van der Waals surface area contributed by atoms with E-state index >= 15 is 0 Å². The van der Waals surface area contributed by atoms with Gasteiger partial charge in [-0.05, 0) is 17.7 Å². The Morgan fingerprint density at radius 1 is 1.35 bits per heavy atom. The molecule has 0 bridgehead atoms. The standard InChI is InChI=1S/C12H14ClNO2.ClH/c1-12(2)7-16-11(15)14-10(12)8-3-5-9(13)6-4-8;/h3-6,10H,7H2,1-2H3,(H,14,15);1H/t10-;/m1./s1. The van der Waals surface area contributed by atoms with Crippen molar-refractivity contribution < 1.29 is 9.53 Å². The van der Waals surface area contributed by atoms with E-state index in [1.54, 1.807) is 0 Å². The Morgan fingerprint density at radius 2 is 1.94 bits per heavy atom. The molecule has 1 fully saturated rings. The number of alkyl carbamates (subject to hydrolysis) is 1. The number of amides is 1. The van der Waals surface area contributed by atoms with Crippen LogP contribution in [0.1, 0.15) is 25.5 Å². The number of rotatable bonds is 1. The topological polar surface area (TPSA) is 38.3 Å². The summed E-state index contributed by atoms with van der Waals surface area (Å²) >= 11 is 5.84. The first-order chi connectivity index (χ1) is 7.49. The molecule has 0 radical (unpaired) electrons. The maximum Gasteiger partial charge on any atom is 0.407 e. The van der Waals surface area contributed by atoms with Crippen LogP contribution in [0.25, 0.3) is 0 Å². The maximum absolute atomic E-state index is 11.2. The van der Waals surface area contributed by atoms with Crippen molar-refractivity contribution in [1.29, 1.82) is 0 Å². The number of benzene rings is 1. The maximum atomic E-state index is 11.2. The van der Waals surface area contributed by atoms with Crippen LogP contribution < -0.4 is 5.32 Å². The van der Waals surface area contributed by atoms with Gasteiger partial charge < -0.3 is 10.1 Å². The molecule has 1 N–H and O–H groups in total. The number of nitrogens with one attached hydrogen (secondary N) is 1. The van der Waals surface area contributed by atoms with Crippen LogP contribution in [-0.2, 0) is 4.74 Å². The second kappa shape index (κ2) is 5.15. The zero-order chi connectivity index (χ0) is 11.8. The Balaban J connectivity index is 0.00000144. The van der Waals surface area contributed by atoms with Gasteiger partial charge in [-0.25, -0.2) is 4.79 Å². The van der Waals surface area contributed by atoms with E-state index in [0.717, 1.165) is 5.56 Å². The van der Waals surface area contributed by atoms with E-state index in [1.807, 2.05) is 24.3 Å². The first-order valence-electron chi connectivity index (χ1n) is 5.18. The fourth-order valence-electron chi connectivity index (χ4n) is 1.88. The van der Waals surface area contributed by atoms with Crippen molar-refractivity contribution in [2.45, 2.75) is 19.9 Å². The first kappa shape index (κ1) is 14.1. The van der Waals surface area contributed by atoms with Crippen LogP contribution in [0.4, 0.5) is 4.79 Å². The molecule has 1 aliphatic rings. The van der Waals surface area contributed by atoms with Crippen LogP contribution in [0.3, 0.4) is 0 Å². The van der Waals surface area contributed by atoms with E-state index in [0.29, 0.717) is 11.6 Å². The monoisotopic (exact) mass is 275 g/mol. The molecule has 1 aromatic carbocycles. The summed E-state index contributed by atoms with van der Waals surface area (Å²) in [4.78, 5) is 11.2. The summed E-state index contributed by atoms with van der Waals surface area (Å²) in [5.74, 6) is 0. The van der Waals surface area contributed by atoms with E-state index in [9.17, 15) is 4.79 Å². The third-order valence-electron chi connectivity index (χ3n) is 2.82. The van der Waals surface area contributed by atoms with Crippen LogP contribution in [-0.4, -0.2) is 12.7 Å². The highest BCUT2D eigenvalue weighted by Crippen LogP contribution is 2.36. The highest BCUT2D eigenvalue weighted by atomic mass is 35.5. The smallest absolute Gasteiger partial charge is 0.407 e. The minimum atomic E-state index is -0.362. The van der Waals surface area contributed by atoms with Crippen LogP contribution in [0.15, 0.2) is 24.3 Å². The van der Waals surface area contributed by atoms with E-state index in [1.165, 1.54) is 0 Å². The van der Waals surface area contributed by atoms with Gasteiger partial charge in [-0.3, -0.25) is 0 Å². The highest BCUT2D eigenvalue weighted by molar-refractivity contribution is 6.30. The fraction of sp³-hybridized carbons (Fsp3) is 0.417. The second-order valence-electron chi connectivity index (χ2n) is 4.69. The Labute approximate surface area is 112 Å². The molecule has 1 amide bonds. The predicted octanol–water partition coefficient (Wildman–Crippen LogP) is 3.57. The van der Waals surface area contributed by atoms with Gasteiger partial charge in [0.05, 0.1) is 6.04 Å². The Hall–Kier alpha value is -0.930. The Bertz CT molecular complexity index is 403. The molecule has 1 aromatic rings. The van der Waals surface area contributed by atoms with Gasteiger partial charge in [0.15, 0.2) is 0 Å². The lowest BCUT2D eigenvalue weighted by Crippen LogP contribution is -2.46. The number of carbonyl (C=O) groups is 1. The van der Waals surface area contributed by atoms with Gasteiger partial charge in [0.2, 0.25) is 0 Å². The lowest BCUT2D eigenvalue weighted by Gasteiger charge is -2.38. The molecule has 94 valence electrons. The Morgan fingerprint density at radius 3 is 2.53 bits per heavy atom. The number of halogens is 2. The molecular weight excluding hydrogens is 261 g/mol. The number of carbonyl (C=O) groups excluding carboxylic acids is 1. The molecular formula is C12H15Cl2NO2. The third kappa shape index (κ3) is 3.05. The van der Waals surface area contributed by atoms with E-state index < -0.39 is 0 Å². The van der Waals surface area contributed by atoms with Gasteiger partial charge in [-0.15, -0.1) is 12.4 Å². The molecule has 5 heteroatoms. The fourth-order valence-corrected chi connectivity index (χ4v) is 2.01. The zero-order valence-corrected chi connectivity index (χ0v) is 11.3. The summed E-state index contributed by atoms with van der Waals surface area (Å²) in [5, 5.41) is 3.53. The molecule has 0 unspecified atom stereocenters. The summed E-state index contributed by atoms with van der Waals surface area (Å²) in [6, 6.07) is 7.48. The summed E-state index contributed by atoms with van der Waals surface area (Å²) in [5.41, 5.74) is 0.924. The summed E-state index contributed by atoms with van der Waals surface area (Å²) < 4.78 is 4.99. The third-order valence-corrected chi connectivity index (χ3v) is 3.07. The molecule has 1 atom stereocenters. The molecule has 3 nitrogen and oxygen atoms in total. The second-order valence-corrected chi connectivity index (χ2v) is 5.13. The molecule has 0 aliphatic carbocycles. The molecule has 1 heterocycles. The van der Waals surface area contributed by atoms with E-state index in [-0.39, 0.29) is 30.0 Å². The van der Waals surface area contributed by atoms with Gasteiger partial charge in [-0.1, -0.05) is 37.6 Å². The highest BCUT2D eigenvalue weighted by Gasteiger charge is 2.37. The lowest BCUT2D eigenvalue weighted by molar-refractivity contribution is 0.0387. The minimum Gasteiger partial charge on any atom is -0.449 e. The summed E-state index contributed by atoms with van der Waals surface area (Å²) in [7, 11) is 0. The van der Waals surface area contributed by atoms with Crippen molar-refractivity contribution in [2.24, 2.45) is 5.41 Å². The first-order valence-corrected chi connectivity index (χ1v) is 5.55. The van der Waals surface area contributed by atoms with Crippen molar-refractivity contribution in [2.75, 3.05) is 6.61 Å². The number of hydrogen-bond acceptors (Lipinski definition) is 2. The van der Waals surface area contributed by atoms with Crippen molar-refractivity contribution >= 4 is 30.1 Å². The summed E-state index contributed by atoms with van der Waals surface area (Å²) in [6.07, 6.45) is -0.362. The SMILES string of the molecule is CC1(C)COC(=O)N[C@@H]1c1ccc(Cl)cc1.Cl. The van der Waals surface area contributed by atoms with Crippen LogP contribution >= 0.6 is 24.0 Å². The van der Waals surface area contributed by atoms with Crippen LogP contribution in [0.5, 0.6) is 0 Å². The average Bonchev–Trinajstić information content (AvgIpc) is 2.23. The molecule has 0 aromatic heterocycles. The van der Waals surface area contributed by atoms with Gasteiger partial charge in [0.25, 0.3) is 0 Å². The normalized spacial score (nSPS) is 22.1. The predicted molar refractivity (Wildman–Crippen MR) is 69.7 cm³/mol. The molecule has 2 rings (SSSR count). The van der Waals surface area contributed by atoms with Crippen LogP contribution in [0.2, 0.25) is 5.02 Å². The number of ether oxygens (including phenoxy) is 1. The van der Waals surface area contributed by atoms with Crippen molar-refractivity contribution in [3.05, 3.63) is 34.9 Å². The van der Waals surface area contributed by atoms with E-state index in [4.69, 9.17) is 16.3 Å². The van der Waals surface area contributed by atoms with Gasteiger partial charge >= 0.3 is 6.09 Å². The minimum absolute atomic E-state index is 0. The van der Waals surface area contributed by atoms with Crippen molar-refractivity contribution in [1.82, 2.24) is 5.32 Å². The molecule has 0 spiro atoms. The zero-order valence-electron chi connectivity index (χ0n) is 9.70. The van der Waals surface area contributed by atoms with Gasteiger partial charge in [-0.2, -0.15) is 0 Å². The molecule has 0 saturated carbocycles. The lowest BCUT2D eigenvalue weighted by atomic mass is 9.80. The quantitative estimate of drug-likeness (QED) is 0.851. The number of cyclic esters (lactones) is 1. The van der Waals surface area contributed by atoms with Gasteiger partial charge in [0, 0.05) is 10.4 Å². The molecule has 1 saturated heterocycles. The van der Waals surface area contributed by atoms with Crippen LogP contribution in [0, 0.1) is 5.41 Å². The van der Waals surface area contributed by atoms with E-state index in [2.05, 4.69) is 19.2 Å².